The fraction of sp³-hybridized carbons (Fsp3) is 0.692. The number of aliphatic hydroxyl groups is 1. The molecule has 1 aromatic heterocycles. The zero-order chi connectivity index (χ0) is 13.0. The van der Waals surface area contributed by atoms with Crippen molar-refractivity contribution in [2.24, 2.45) is 0 Å². The van der Waals surface area contributed by atoms with E-state index in [0.29, 0.717) is 0 Å². The third-order valence-corrected chi connectivity index (χ3v) is 3.36. The van der Waals surface area contributed by atoms with E-state index in [0.717, 1.165) is 56.4 Å². The summed E-state index contributed by atoms with van der Waals surface area (Å²) in [5.41, 5.74) is 1.96. The predicted octanol–water partition coefficient (Wildman–Crippen LogP) is 0.598. The molecule has 5 nitrogen and oxygen atoms in total. The molecule has 0 bridgehead atoms. The van der Waals surface area contributed by atoms with E-state index in [1.807, 2.05) is 20.0 Å². The van der Waals surface area contributed by atoms with Gasteiger partial charge in [0.25, 0.3) is 0 Å². The average molecular weight is 250 g/mol. The van der Waals surface area contributed by atoms with Crippen LogP contribution in [0.1, 0.15) is 17.8 Å². The first-order valence-corrected chi connectivity index (χ1v) is 6.59. The molecule has 2 rings (SSSR count). The van der Waals surface area contributed by atoms with Crippen molar-refractivity contribution in [3.8, 4) is 0 Å². The number of aromatic nitrogens is 2. The highest BCUT2D eigenvalue weighted by Gasteiger charge is 2.17. The van der Waals surface area contributed by atoms with Crippen LogP contribution in [-0.4, -0.2) is 59.3 Å². The van der Waals surface area contributed by atoms with Crippen molar-refractivity contribution >= 4 is 5.82 Å². The molecular weight excluding hydrogens is 228 g/mol. The quantitative estimate of drug-likeness (QED) is 0.851. The van der Waals surface area contributed by atoms with Crippen molar-refractivity contribution < 1.29 is 5.11 Å². The van der Waals surface area contributed by atoms with Crippen LogP contribution in [0.5, 0.6) is 0 Å². The first kappa shape index (κ1) is 13.2. The summed E-state index contributed by atoms with van der Waals surface area (Å²) in [5.74, 6) is 1.01. The molecule has 0 saturated carbocycles. The molecule has 1 fully saturated rings. The Bertz CT molecular complexity index is 397. The fourth-order valence-electron chi connectivity index (χ4n) is 2.37. The smallest absolute Gasteiger partial charge is 0.150 e. The summed E-state index contributed by atoms with van der Waals surface area (Å²) in [6.07, 6.45) is 2.92. The Morgan fingerprint density at radius 1 is 1.22 bits per heavy atom. The van der Waals surface area contributed by atoms with Crippen LogP contribution < -0.4 is 4.90 Å². The number of hydrogen-bond acceptors (Lipinski definition) is 5. The van der Waals surface area contributed by atoms with Gasteiger partial charge in [-0.2, -0.15) is 0 Å². The zero-order valence-corrected chi connectivity index (χ0v) is 11.3. The fourth-order valence-corrected chi connectivity index (χ4v) is 2.37. The molecule has 1 N–H and O–H groups in total. The number of hydrogen-bond donors (Lipinski definition) is 1. The summed E-state index contributed by atoms with van der Waals surface area (Å²) in [6, 6.07) is 0. The Kier molecular flexibility index (Phi) is 4.49. The molecule has 1 aliphatic rings. The lowest BCUT2D eigenvalue weighted by molar-refractivity contribution is 0.204. The van der Waals surface area contributed by atoms with Gasteiger partial charge in [-0.25, -0.2) is 4.98 Å². The standard InChI is InChI=1S/C13H22N4O/c1-11-10-14-12(2)13(15-11)17-5-3-4-16(6-7-17)8-9-18/h10,18H,3-9H2,1-2H3. The molecule has 1 saturated heterocycles. The zero-order valence-electron chi connectivity index (χ0n) is 11.3. The van der Waals surface area contributed by atoms with E-state index in [1.54, 1.807) is 0 Å². The number of aliphatic hydroxyl groups excluding tert-OH is 1. The average Bonchev–Trinajstić information content (AvgIpc) is 2.58. The summed E-state index contributed by atoms with van der Waals surface area (Å²) in [5, 5.41) is 9.00. The molecule has 1 aliphatic heterocycles. The van der Waals surface area contributed by atoms with Gasteiger partial charge in [0.05, 0.1) is 18.0 Å². The van der Waals surface area contributed by atoms with Crippen molar-refractivity contribution in [2.75, 3.05) is 44.2 Å². The lowest BCUT2D eigenvalue weighted by Gasteiger charge is -2.23. The van der Waals surface area contributed by atoms with Gasteiger partial charge in [0.2, 0.25) is 0 Å². The molecule has 2 heterocycles. The van der Waals surface area contributed by atoms with Crippen LogP contribution in [0.2, 0.25) is 0 Å². The lowest BCUT2D eigenvalue weighted by atomic mass is 10.3. The minimum Gasteiger partial charge on any atom is -0.395 e. The van der Waals surface area contributed by atoms with E-state index in [4.69, 9.17) is 5.11 Å². The minimum absolute atomic E-state index is 0.239. The first-order chi connectivity index (χ1) is 8.70. The second-order valence-corrected chi connectivity index (χ2v) is 4.83. The summed E-state index contributed by atoms with van der Waals surface area (Å²) >= 11 is 0. The second-order valence-electron chi connectivity index (χ2n) is 4.83. The van der Waals surface area contributed by atoms with Crippen molar-refractivity contribution in [2.45, 2.75) is 20.3 Å². The van der Waals surface area contributed by atoms with Gasteiger partial charge in [-0.15, -0.1) is 0 Å². The summed E-state index contributed by atoms with van der Waals surface area (Å²) in [7, 11) is 0. The molecule has 18 heavy (non-hydrogen) atoms. The molecular formula is C13H22N4O. The van der Waals surface area contributed by atoms with Gasteiger partial charge in [0, 0.05) is 32.4 Å². The van der Waals surface area contributed by atoms with Crippen molar-refractivity contribution in [1.29, 1.82) is 0 Å². The van der Waals surface area contributed by atoms with E-state index in [1.165, 1.54) is 0 Å². The molecule has 0 radical (unpaired) electrons. The number of anilines is 1. The highest BCUT2D eigenvalue weighted by atomic mass is 16.3. The maximum Gasteiger partial charge on any atom is 0.150 e. The number of β-amino-alcohol motifs (C(OH)–C–C–N with tert-alkyl or cyclic N) is 1. The SMILES string of the molecule is Cc1cnc(C)c(N2CCCN(CCO)CC2)n1. The van der Waals surface area contributed by atoms with Gasteiger partial charge in [0.1, 0.15) is 5.82 Å². The van der Waals surface area contributed by atoms with Crippen LogP contribution in [0.25, 0.3) is 0 Å². The van der Waals surface area contributed by atoms with Crippen molar-refractivity contribution in [3.63, 3.8) is 0 Å². The van der Waals surface area contributed by atoms with E-state index in [9.17, 15) is 0 Å². The molecule has 0 spiro atoms. The molecule has 0 aliphatic carbocycles. The number of nitrogens with zero attached hydrogens (tertiary/aromatic N) is 4. The first-order valence-electron chi connectivity index (χ1n) is 6.59. The Morgan fingerprint density at radius 3 is 2.83 bits per heavy atom. The summed E-state index contributed by atoms with van der Waals surface area (Å²) in [4.78, 5) is 13.6. The van der Waals surface area contributed by atoms with Gasteiger partial charge in [-0.3, -0.25) is 9.88 Å². The Morgan fingerprint density at radius 2 is 2.06 bits per heavy atom. The van der Waals surface area contributed by atoms with Gasteiger partial charge >= 0.3 is 0 Å². The molecule has 100 valence electrons. The van der Waals surface area contributed by atoms with Crippen LogP contribution in [0, 0.1) is 13.8 Å². The molecule has 0 amide bonds. The lowest BCUT2D eigenvalue weighted by Crippen LogP contribution is -2.33. The predicted molar refractivity (Wildman–Crippen MR) is 71.9 cm³/mol. The van der Waals surface area contributed by atoms with E-state index < -0.39 is 0 Å². The molecule has 5 heteroatoms. The molecule has 1 aromatic rings. The third kappa shape index (κ3) is 3.17. The summed E-state index contributed by atoms with van der Waals surface area (Å²) < 4.78 is 0. The van der Waals surface area contributed by atoms with Crippen LogP contribution in [-0.2, 0) is 0 Å². The van der Waals surface area contributed by atoms with Gasteiger partial charge < -0.3 is 10.0 Å². The normalized spacial score (nSPS) is 17.8. The Balaban J connectivity index is 2.07. The minimum atomic E-state index is 0.239. The topological polar surface area (TPSA) is 52.5 Å². The Hall–Kier alpha value is -1.20. The highest BCUT2D eigenvalue weighted by Crippen LogP contribution is 2.17. The maximum atomic E-state index is 9.00. The van der Waals surface area contributed by atoms with Gasteiger partial charge in [-0.05, 0) is 26.8 Å². The molecule has 0 atom stereocenters. The largest absolute Gasteiger partial charge is 0.395 e. The maximum absolute atomic E-state index is 9.00. The van der Waals surface area contributed by atoms with E-state index in [2.05, 4.69) is 19.8 Å². The number of aryl methyl sites for hydroxylation is 2. The highest BCUT2D eigenvalue weighted by molar-refractivity contribution is 5.43. The second kappa shape index (κ2) is 6.11. The van der Waals surface area contributed by atoms with Gasteiger partial charge in [-0.1, -0.05) is 0 Å². The molecule has 0 unspecified atom stereocenters. The van der Waals surface area contributed by atoms with E-state index in [-0.39, 0.29) is 6.61 Å². The number of rotatable bonds is 3. The Labute approximate surface area is 108 Å². The van der Waals surface area contributed by atoms with Crippen LogP contribution in [0.3, 0.4) is 0 Å². The van der Waals surface area contributed by atoms with Crippen LogP contribution in [0.4, 0.5) is 5.82 Å². The monoisotopic (exact) mass is 250 g/mol. The summed E-state index contributed by atoms with van der Waals surface area (Å²) in [6.45, 7) is 9.00. The van der Waals surface area contributed by atoms with Crippen LogP contribution >= 0.6 is 0 Å². The van der Waals surface area contributed by atoms with Crippen LogP contribution in [0.15, 0.2) is 6.20 Å². The van der Waals surface area contributed by atoms with Gasteiger partial charge in [0.15, 0.2) is 0 Å². The van der Waals surface area contributed by atoms with Crippen molar-refractivity contribution in [1.82, 2.24) is 14.9 Å². The van der Waals surface area contributed by atoms with Crippen molar-refractivity contribution in [3.05, 3.63) is 17.6 Å². The van der Waals surface area contributed by atoms with E-state index >= 15 is 0 Å². The third-order valence-electron chi connectivity index (χ3n) is 3.36. The molecule has 0 aromatic carbocycles.